The number of nitrogens with zero attached hydrogens (tertiary/aromatic N) is 5. The van der Waals surface area contributed by atoms with Gasteiger partial charge in [0, 0.05) is 45.7 Å². The highest BCUT2D eigenvalue weighted by Gasteiger charge is 2.40. The van der Waals surface area contributed by atoms with Gasteiger partial charge in [0.2, 0.25) is 5.96 Å². The van der Waals surface area contributed by atoms with E-state index in [0.29, 0.717) is 19.0 Å². The monoisotopic (exact) mass is 426 g/mol. The fourth-order valence-corrected chi connectivity index (χ4v) is 3.82. The summed E-state index contributed by atoms with van der Waals surface area (Å²) >= 11 is 0. The Hall–Kier alpha value is -2.58. The van der Waals surface area contributed by atoms with E-state index in [4.69, 9.17) is 14.6 Å². The minimum Gasteiger partial charge on any atom is -0.493 e. The molecule has 1 aromatic carbocycles. The molecule has 0 bridgehead atoms. The summed E-state index contributed by atoms with van der Waals surface area (Å²) in [6.07, 6.45) is 5.64. The van der Waals surface area contributed by atoms with Gasteiger partial charge in [0.25, 0.3) is 0 Å². The van der Waals surface area contributed by atoms with Crippen molar-refractivity contribution in [1.82, 2.24) is 24.8 Å². The van der Waals surface area contributed by atoms with Crippen molar-refractivity contribution in [2.45, 2.75) is 45.5 Å². The molecule has 0 atom stereocenters. The molecule has 1 spiro atoms. The molecule has 168 valence electrons. The third-order valence-electron chi connectivity index (χ3n) is 5.70. The van der Waals surface area contributed by atoms with E-state index in [-0.39, 0.29) is 0 Å². The van der Waals surface area contributed by atoms with E-state index in [1.165, 1.54) is 5.56 Å². The molecule has 8 heteroatoms. The van der Waals surface area contributed by atoms with Gasteiger partial charge in [-0.25, -0.2) is 20.3 Å². The number of guanidine groups is 1. The highest BCUT2D eigenvalue weighted by molar-refractivity contribution is 5.80. The number of imidazole rings is 1. The number of aryl methyl sites for hydroxylation is 1. The first-order valence-corrected chi connectivity index (χ1v) is 11.1. The van der Waals surface area contributed by atoms with Crippen LogP contribution < -0.4 is 10.2 Å². The normalized spacial score (nSPS) is 18.3. The molecule has 4 rings (SSSR count). The maximum atomic E-state index is 6.01. The van der Waals surface area contributed by atoms with Crippen LogP contribution in [0.4, 0.5) is 0 Å². The van der Waals surface area contributed by atoms with Crippen LogP contribution in [0.15, 0.2) is 41.8 Å². The molecule has 2 aliphatic rings. The lowest BCUT2D eigenvalue weighted by molar-refractivity contribution is -0.0875. The standard InChI is InChI=1S/C23H34N6O2/c1-18(2)16-30-21-7-5-19(6-8-21)13-29(15-20-14-28(4)17-24-20)22-25-23(31-26-22)9-11-27(3)12-10-23/h5-8,14,17-18H,9-13,15-16H2,1-4H3,(H,25,26). The minimum atomic E-state index is -0.460. The first-order valence-electron chi connectivity index (χ1n) is 11.1. The van der Waals surface area contributed by atoms with Crippen LogP contribution in [0, 0.1) is 5.92 Å². The molecule has 0 unspecified atom stereocenters. The van der Waals surface area contributed by atoms with Gasteiger partial charge in [-0.05, 0) is 30.7 Å². The summed E-state index contributed by atoms with van der Waals surface area (Å²) in [5.74, 6) is 2.18. The Balaban J connectivity index is 1.49. The van der Waals surface area contributed by atoms with Gasteiger partial charge >= 0.3 is 0 Å². The molecule has 1 N–H and O–H groups in total. The second-order valence-electron chi connectivity index (χ2n) is 9.12. The SMILES string of the molecule is CC(C)COc1ccc(CN(Cc2cn(C)cn2)C2=NC3(CCN(C)CC3)ON2)cc1. The van der Waals surface area contributed by atoms with Gasteiger partial charge in [-0.1, -0.05) is 26.0 Å². The fourth-order valence-electron chi connectivity index (χ4n) is 3.82. The third kappa shape index (κ3) is 5.57. The van der Waals surface area contributed by atoms with Crippen LogP contribution in [0.2, 0.25) is 0 Å². The fraction of sp³-hybridized carbons (Fsp3) is 0.565. The average molecular weight is 427 g/mol. The number of hydrogen-bond donors (Lipinski definition) is 1. The minimum absolute atomic E-state index is 0.460. The summed E-state index contributed by atoms with van der Waals surface area (Å²) in [6.45, 7) is 8.34. The summed E-state index contributed by atoms with van der Waals surface area (Å²) in [6, 6.07) is 8.30. The number of benzene rings is 1. The predicted octanol–water partition coefficient (Wildman–Crippen LogP) is 2.77. The largest absolute Gasteiger partial charge is 0.493 e. The van der Waals surface area contributed by atoms with Gasteiger partial charge in [-0.15, -0.1) is 0 Å². The molecule has 2 aliphatic heterocycles. The number of piperidine rings is 1. The molecule has 0 radical (unpaired) electrons. The first-order chi connectivity index (χ1) is 14.9. The molecule has 1 fully saturated rings. The zero-order valence-electron chi connectivity index (χ0n) is 19.0. The van der Waals surface area contributed by atoms with Crippen LogP contribution >= 0.6 is 0 Å². The Labute approximate surface area is 184 Å². The van der Waals surface area contributed by atoms with E-state index in [1.54, 1.807) is 0 Å². The zero-order valence-corrected chi connectivity index (χ0v) is 19.0. The molecule has 1 saturated heterocycles. The highest BCUT2D eigenvalue weighted by Crippen LogP contribution is 2.30. The van der Waals surface area contributed by atoms with Gasteiger partial charge < -0.3 is 19.1 Å². The van der Waals surface area contributed by atoms with E-state index in [9.17, 15) is 0 Å². The Morgan fingerprint density at radius 2 is 1.90 bits per heavy atom. The van der Waals surface area contributed by atoms with Crippen LogP contribution in [-0.2, 0) is 25.0 Å². The summed E-state index contributed by atoms with van der Waals surface area (Å²) in [7, 11) is 4.13. The lowest BCUT2D eigenvalue weighted by Gasteiger charge is -2.33. The molecular weight excluding hydrogens is 392 g/mol. The third-order valence-corrected chi connectivity index (χ3v) is 5.70. The van der Waals surface area contributed by atoms with Crippen molar-refractivity contribution < 1.29 is 9.57 Å². The van der Waals surface area contributed by atoms with Gasteiger partial charge in [0.1, 0.15) is 5.75 Å². The Bertz CT molecular complexity index is 884. The number of nitrogens with one attached hydrogen (secondary N) is 1. The summed E-state index contributed by atoms with van der Waals surface area (Å²) in [5.41, 5.74) is 4.84. The van der Waals surface area contributed by atoms with Gasteiger partial charge in [-0.2, -0.15) is 0 Å². The van der Waals surface area contributed by atoms with Gasteiger partial charge in [0.15, 0.2) is 5.72 Å². The lowest BCUT2D eigenvalue weighted by Crippen LogP contribution is -2.43. The van der Waals surface area contributed by atoms with Crippen molar-refractivity contribution in [3.63, 3.8) is 0 Å². The topological polar surface area (TPSA) is 67.2 Å². The molecule has 31 heavy (non-hydrogen) atoms. The molecule has 0 saturated carbocycles. The van der Waals surface area contributed by atoms with Gasteiger partial charge in [0.05, 0.1) is 25.2 Å². The second kappa shape index (κ2) is 9.28. The van der Waals surface area contributed by atoms with Crippen molar-refractivity contribution >= 4 is 5.96 Å². The maximum absolute atomic E-state index is 6.01. The highest BCUT2D eigenvalue weighted by atomic mass is 16.7. The van der Waals surface area contributed by atoms with Crippen LogP contribution in [0.3, 0.4) is 0 Å². The molecule has 0 aliphatic carbocycles. The van der Waals surface area contributed by atoms with Crippen LogP contribution in [0.5, 0.6) is 5.75 Å². The number of aliphatic imine (C=N–C) groups is 1. The molecular formula is C23H34N6O2. The maximum Gasteiger partial charge on any atom is 0.222 e. The smallest absolute Gasteiger partial charge is 0.222 e. The van der Waals surface area contributed by atoms with Crippen molar-refractivity contribution in [3.05, 3.63) is 48.0 Å². The molecule has 1 aromatic heterocycles. The number of rotatable bonds is 7. The average Bonchev–Trinajstić information content (AvgIpc) is 3.36. The van der Waals surface area contributed by atoms with Crippen LogP contribution in [0.1, 0.15) is 37.9 Å². The van der Waals surface area contributed by atoms with Crippen molar-refractivity contribution in [2.75, 3.05) is 26.7 Å². The van der Waals surface area contributed by atoms with Crippen molar-refractivity contribution in [2.24, 2.45) is 18.0 Å². The lowest BCUT2D eigenvalue weighted by atomic mass is 10.0. The second-order valence-corrected chi connectivity index (χ2v) is 9.12. The number of likely N-dealkylation sites (tertiary alicyclic amines) is 1. The summed E-state index contributed by atoms with van der Waals surface area (Å²) in [4.78, 5) is 20.0. The molecule has 8 nitrogen and oxygen atoms in total. The van der Waals surface area contributed by atoms with Crippen molar-refractivity contribution in [3.8, 4) is 5.75 Å². The number of hydroxylamine groups is 1. The number of ether oxygens (including phenoxy) is 1. The Kier molecular flexibility index (Phi) is 6.48. The van der Waals surface area contributed by atoms with E-state index in [2.05, 4.69) is 53.3 Å². The van der Waals surface area contributed by atoms with Gasteiger partial charge in [-0.3, -0.25) is 0 Å². The Morgan fingerprint density at radius 1 is 1.16 bits per heavy atom. The zero-order chi connectivity index (χ0) is 21.8. The first kappa shape index (κ1) is 21.6. The Morgan fingerprint density at radius 3 is 2.55 bits per heavy atom. The quantitative estimate of drug-likeness (QED) is 0.734. The van der Waals surface area contributed by atoms with E-state index >= 15 is 0 Å². The molecule has 3 heterocycles. The van der Waals surface area contributed by atoms with E-state index < -0.39 is 5.72 Å². The predicted molar refractivity (Wildman–Crippen MR) is 120 cm³/mol. The van der Waals surface area contributed by atoms with E-state index in [0.717, 1.165) is 49.9 Å². The van der Waals surface area contributed by atoms with Crippen molar-refractivity contribution in [1.29, 1.82) is 0 Å². The molecule has 0 amide bonds. The molecule has 2 aromatic rings. The van der Waals surface area contributed by atoms with Crippen LogP contribution in [-0.4, -0.2) is 57.8 Å². The van der Waals surface area contributed by atoms with E-state index in [1.807, 2.05) is 36.3 Å². The summed E-state index contributed by atoms with van der Waals surface area (Å²) < 4.78 is 7.79. The number of aromatic nitrogens is 2. The van der Waals surface area contributed by atoms with Crippen LogP contribution in [0.25, 0.3) is 0 Å². The summed E-state index contributed by atoms with van der Waals surface area (Å²) in [5, 5.41) is 0. The number of hydrogen-bond acceptors (Lipinski definition) is 7.